The zero-order chi connectivity index (χ0) is 9.69. The fraction of sp³-hybridized carbons (Fsp3) is 1.00. The molecule has 0 aromatic carbocycles. The smallest absolute Gasteiger partial charge is 0.0448 e. The van der Waals surface area contributed by atoms with E-state index in [0.717, 1.165) is 17.3 Å². The number of hydrogen-bond acceptors (Lipinski definition) is 0. The average Bonchev–Trinajstić information content (AvgIpc) is 2.57. The summed E-state index contributed by atoms with van der Waals surface area (Å²) in [6.07, 6.45) is 4.63. The Kier molecular flexibility index (Phi) is 2.43. The summed E-state index contributed by atoms with van der Waals surface area (Å²) in [7, 11) is -0.855. The zero-order valence-corrected chi connectivity index (χ0v) is 11.7. The third kappa shape index (κ3) is 2.20. The molecule has 0 aliphatic heterocycles. The highest BCUT2D eigenvalue weighted by atomic mass is 79.9. The summed E-state index contributed by atoms with van der Waals surface area (Å²) >= 11 is 3.76. The van der Waals surface area contributed by atoms with Crippen LogP contribution in [0.3, 0.4) is 0 Å². The standard InChI is InChI=1S/C11H21BrSi/c1-13(2,3)8-11(7-12)5-9-4-10(9)6-11/h9-10H,4-8H2,1-3H3. The van der Waals surface area contributed by atoms with Gasteiger partial charge in [-0.15, -0.1) is 0 Å². The second-order valence-corrected chi connectivity index (χ2v) is 12.6. The summed E-state index contributed by atoms with van der Waals surface area (Å²) in [5.41, 5.74) is 0.720. The molecule has 0 saturated heterocycles. The second kappa shape index (κ2) is 3.09. The molecule has 2 rings (SSSR count). The van der Waals surface area contributed by atoms with Crippen molar-refractivity contribution in [2.24, 2.45) is 17.3 Å². The van der Waals surface area contributed by atoms with Crippen LogP contribution in [0.2, 0.25) is 25.7 Å². The van der Waals surface area contributed by atoms with Crippen LogP contribution in [0.25, 0.3) is 0 Å². The SMILES string of the molecule is C[Si](C)(C)CC1(CBr)CC2CC2C1. The van der Waals surface area contributed by atoms with Crippen molar-refractivity contribution in [2.75, 3.05) is 5.33 Å². The van der Waals surface area contributed by atoms with Gasteiger partial charge in [0.25, 0.3) is 0 Å². The normalized spacial score (nSPS) is 43.4. The van der Waals surface area contributed by atoms with Crippen molar-refractivity contribution in [3.63, 3.8) is 0 Å². The Balaban J connectivity index is 2.00. The molecule has 76 valence electrons. The largest absolute Gasteiger partial charge is 0.0922 e. The number of hydrogen-bond donors (Lipinski definition) is 0. The lowest BCUT2D eigenvalue weighted by Gasteiger charge is -2.34. The van der Waals surface area contributed by atoms with Gasteiger partial charge < -0.3 is 0 Å². The molecule has 13 heavy (non-hydrogen) atoms. The van der Waals surface area contributed by atoms with E-state index in [2.05, 4.69) is 35.6 Å². The van der Waals surface area contributed by atoms with Crippen LogP contribution in [0.5, 0.6) is 0 Å². The van der Waals surface area contributed by atoms with E-state index < -0.39 is 8.07 Å². The van der Waals surface area contributed by atoms with E-state index in [1.807, 2.05) is 0 Å². The molecule has 0 N–H and O–H groups in total. The van der Waals surface area contributed by atoms with E-state index >= 15 is 0 Å². The lowest BCUT2D eigenvalue weighted by molar-refractivity contribution is 0.345. The third-order valence-corrected chi connectivity index (χ3v) is 6.65. The Bertz CT molecular complexity index is 197. The van der Waals surface area contributed by atoms with Crippen LogP contribution < -0.4 is 0 Å². The van der Waals surface area contributed by atoms with Gasteiger partial charge in [-0.25, -0.2) is 0 Å². The summed E-state index contributed by atoms with van der Waals surface area (Å²) < 4.78 is 0. The van der Waals surface area contributed by atoms with Gasteiger partial charge in [0.05, 0.1) is 0 Å². The van der Waals surface area contributed by atoms with Crippen molar-refractivity contribution in [1.29, 1.82) is 0 Å². The Morgan fingerprint density at radius 3 is 2.15 bits per heavy atom. The first-order valence-electron chi connectivity index (χ1n) is 5.50. The quantitative estimate of drug-likeness (QED) is 0.529. The monoisotopic (exact) mass is 260 g/mol. The van der Waals surface area contributed by atoms with Gasteiger partial charge >= 0.3 is 0 Å². The van der Waals surface area contributed by atoms with Crippen LogP contribution in [-0.2, 0) is 0 Å². The summed E-state index contributed by atoms with van der Waals surface area (Å²) in [4.78, 5) is 0. The van der Waals surface area contributed by atoms with Crippen LogP contribution in [0.15, 0.2) is 0 Å². The molecule has 2 aliphatic rings. The molecule has 0 nitrogen and oxygen atoms in total. The lowest BCUT2D eigenvalue weighted by atomic mass is 9.87. The molecule has 2 fully saturated rings. The van der Waals surface area contributed by atoms with Gasteiger partial charge in [0.2, 0.25) is 0 Å². The van der Waals surface area contributed by atoms with E-state index in [1.54, 1.807) is 6.42 Å². The fourth-order valence-corrected chi connectivity index (χ4v) is 7.12. The molecule has 0 aromatic heterocycles. The summed E-state index contributed by atoms with van der Waals surface area (Å²) in [6.45, 7) is 7.55. The number of alkyl halides is 1. The molecule has 2 atom stereocenters. The van der Waals surface area contributed by atoms with Gasteiger partial charge in [0.1, 0.15) is 0 Å². The zero-order valence-electron chi connectivity index (χ0n) is 9.07. The Hall–Kier alpha value is 0.697. The second-order valence-electron chi connectivity index (χ2n) is 6.54. The van der Waals surface area contributed by atoms with Crippen molar-refractivity contribution < 1.29 is 0 Å². The highest BCUT2D eigenvalue weighted by molar-refractivity contribution is 9.09. The van der Waals surface area contributed by atoms with Crippen LogP contribution in [0.4, 0.5) is 0 Å². The molecular formula is C11H21BrSi. The topological polar surface area (TPSA) is 0 Å². The van der Waals surface area contributed by atoms with Gasteiger partial charge in [0, 0.05) is 13.4 Å². The maximum Gasteiger partial charge on any atom is 0.0448 e. The number of fused-ring (bicyclic) bond motifs is 1. The molecule has 2 aliphatic carbocycles. The molecule has 0 bridgehead atoms. The van der Waals surface area contributed by atoms with Crippen molar-refractivity contribution >= 4 is 24.0 Å². The lowest BCUT2D eigenvalue weighted by Crippen LogP contribution is -2.33. The maximum absolute atomic E-state index is 3.76. The van der Waals surface area contributed by atoms with Crippen molar-refractivity contribution in [3.8, 4) is 0 Å². The van der Waals surface area contributed by atoms with E-state index in [4.69, 9.17) is 0 Å². The Morgan fingerprint density at radius 1 is 1.23 bits per heavy atom. The maximum atomic E-state index is 3.76. The molecule has 0 amide bonds. The summed E-state index contributed by atoms with van der Waals surface area (Å²) in [6, 6.07) is 1.54. The van der Waals surface area contributed by atoms with Gasteiger partial charge in [-0.2, -0.15) is 0 Å². The fourth-order valence-electron chi connectivity index (χ4n) is 3.43. The highest BCUT2D eigenvalue weighted by Gasteiger charge is 2.53. The Labute approximate surface area is 91.6 Å². The van der Waals surface area contributed by atoms with Gasteiger partial charge in [0.15, 0.2) is 0 Å². The van der Waals surface area contributed by atoms with Gasteiger partial charge in [-0.1, -0.05) is 41.6 Å². The molecular weight excluding hydrogens is 240 g/mol. The van der Waals surface area contributed by atoms with E-state index in [1.165, 1.54) is 24.2 Å². The predicted octanol–water partition coefficient (Wildman–Crippen LogP) is 4.14. The molecule has 0 heterocycles. The minimum atomic E-state index is -0.855. The summed E-state index contributed by atoms with van der Waals surface area (Å²) in [5.74, 6) is 2.27. The predicted molar refractivity (Wildman–Crippen MR) is 65.2 cm³/mol. The van der Waals surface area contributed by atoms with E-state index in [-0.39, 0.29) is 0 Å². The van der Waals surface area contributed by atoms with Gasteiger partial charge in [-0.05, 0) is 36.5 Å². The highest BCUT2D eigenvalue weighted by Crippen LogP contribution is 2.62. The summed E-state index contributed by atoms with van der Waals surface area (Å²) in [5, 5.41) is 1.26. The van der Waals surface area contributed by atoms with Crippen molar-refractivity contribution in [2.45, 2.75) is 44.9 Å². The molecule has 0 spiro atoms. The Morgan fingerprint density at radius 2 is 1.77 bits per heavy atom. The molecule has 2 saturated carbocycles. The van der Waals surface area contributed by atoms with E-state index in [0.29, 0.717) is 0 Å². The van der Waals surface area contributed by atoms with Crippen LogP contribution in [0.1, 0.15) is 19.3 Å². The first-order valence-corrected chi connectivity index (χ1v) is 10.3. The minimum Gasteiger partial charge on any atom is -0.0922 e. The van der Waals surface area contributed by atoms with Crippen LogP contribution in [-0.4, -0.2) is 13.4 Å². The average molecular weight is 261 g/mol. The van der Waals surface area contributed by atoms with E-state index in [9.17, 15) is 0 Å². The molecule has 2 unspecified atom stereocenters. The van der Waals surface area contributed by atoms with Crippen molar-refractivity contribution in [1.82, 2.24) is 0 Å². The molecule has 0 radical (unpaired) electrons. The van der Waals surface area contributed by atoms with Crippen LogP contribution >= 0.6 is 15.9 Å². The van der Waals surface area contributed by atoms with Crippen molar-refractivity contribution in [3.05, 3.63) is 0 Å². The third-order valence-electron chi connectivity index (χ3n) is 3.65. The number of halogens is 1. The first-order chi connectivity index (χ1) is 5.94. The molecule has 2 heteroatoms. The first kappa shape index (κ1) is 10.2. The van der Waals surface area contributed by atoms with Gasteiger partial charge in [-0.3, -0.25) is 0 Å². The minimum absolute atomic E-state index is 0.720. The number of rotatable bonds is 3. The molecule has 0 aromatic rings. The van der Waals surface area contributed by atoms with Crippen LogP contribution in [0, 0.1) is 17.3 Å².